The number of likely N-dealkylation sites (tertiary alicyclic amines) is 1. The SMILES string of the molecule is Cc1nc(C(C)(C)C)sc1C(=O)N1CCC(c2nncn2C)CC1. The number of hydrogen-bond acceptors (Lipinski definition) is 5. The molecule has 3 heterocycles. The maximum Gasteiger partial charge on any atom is 0.265 e. The molecule has 0 spiro atoms. The zero-order chi connectivity index (χ0) is 17.5. The zero-order valence-electron chi connectivity index (χ0n) is 15.0. The van der Waals surface area contributed by atoms with Crippen LogP contribution in [-0.4, -0.2) is 43.6 Å². The van der Waals surface area contributed by atoms with Crippen molar-refractivity contribution >= 4 is 17.2 Å². The molecule has 0 saturated carbocycles. The van der Waals surface area contributed by atoms with Gasteiger partial charge in [-0.25, -0.2) is 4.98 Å². The molecule has 1 amide bonds. The van der Waals surface area contributed by atoms with Crippen LogP contribution in [0.25, 0.3) is 0 Å². The van der Waals surface area contributed by atoms with E-state index in [0.717, 1.165) is 47.3 Å². The number of nitrogens with zero attached hydrogens (tertiary/aromatic N) is 5. The first-order valence-electron chi connectivity index (χ1n) is 8.38. The molecule has 1 fully saturated rings. The van der Waals surface area contributed by atoms with Gasteiger partial charge >= 0.3 is 0 Å². The van der Waals surface area contributed by atoms with Gasteiger partial charge in [0, 0.05) is 31.5 Å². The van der Waals surface area contributed by atoms with Crippen molar-refractivity contribution in [2.24, 2.45) is 7.05 Å². The fourth-order valence-corrected chi connectivity index (χ4v) is 4.15. The zero-order valence-corrected chi connectivity index (χ0v) is 15.9. The predicted molar refractivity (Wildman–Crippen MR) is 94.4 cm³/mol. The fourth-order valence-electron chi connectivity index (χ4n) is 3.06. The third-order valence-corrected chi connectivity index (χ3v) is 6.10. The Bertz CT molecular complexity index is 734. The summed E-state index contributed by atoms with van der Waals surface area (Å²) in [5.74, 6) is 1.53. The Morgan fingerprint density at radius 2 is 1.96 bits per heavy atom. The Kier molecular flexibility index (Phi) is 4.46. The molecule has 0 atom stereocenters. The van der Waals surface area contributed by atoms with Crippen molar-refractivity contribution in [3.05, 3.63) is 27.7 Å². The Morgan fingerprint density at radius 3 is 2.46 bits per heavy atom. The summed E-state index contributed by atoms with van der Waals surface area (Å²) < 4.78 is 1.98. The van der Waals surface area contributed by atoms with Gasteiger partial charge in [-0.1, -0.05) is 20.8 Å². The number of aryl methyl sites for hydroxylation is 2. The molecule has 0 radical (unpaired) electrons. The molecule has 1 saturated heterocycles. The van der Waals surface area contributed by atoms with Crippen LogP contribution in [0.15, 0.2) is 6.33 Å². The van der Waals surface area contributed by atoms with Gasteiger partial charge in [-0.05, 0) is 19.8 Å². The van der Waals surface area contributed by atoms with E-state index in [-0.39, 0.29) is 11.3 Å². The quantitative estimate of drug-likeness (QED) is 0.838. The first-order chi connectivity index (χ1) is 11.3. The molecule has 6 nitrogen and oxygen atoms in total. The average molecular weight is 347 g/mol. The molecule has 0 N–H and O–H groups in total. The van der Waals surface area contributed by atoms with Crippen LogP contribution < -0.4 is 0 Å². The number of thiazole rings is 1. The lowest BCUT2D eigenvalue weighted by Crippen LogP contribution is -2.38. The van der Waals surface area contributed by atoms with Crippen molar-refractivity contribution in [1.29, 1.82) is 0 Å². The van der Waals surface area contributed by atoms with Crippen LogP contribution in [-0.2, 0) is 12.5 Å². The monoisotopic (exact) mass is 347 g/mol. The predicted octanol–water partition coefficient (Wildman–Crippen LogP) is 2.90. The topological polar surface area (TPSA) is 63.9 Å². The molecule has 0 aliphatic carbocycles. The van der Waals surface area contributed by atoms with E-state index in [1.54, 1.807) is 17.7 Å². The van der Waals surface area contributed by atoms with Crippen molar-refractivity contribution in [3.63, 3.8) is 0 Å². The molecule has 7 heteroatoms. The van der Waals surface area contributed by atoms with Gasteiger partial charge in [0.1, 0.15) is 17.0 Å². The summed E-state index contributed by atoms with van der Waals surface area (Å²) in [6.07, 6.45) is 3.60. The third kappa shape index (κ3) is 3.22. The van der Waals surface area contributed by atoms with Crippen LogP contribution in [0.1, 0.15) is 65.7 Å². The van der Waals surface area contributed by atoms with E-state index in [2.05, 4.69) is 36.0 Å². The Labute approximate surface area is 146 Å². The smallest absolute Gasteiger partial charge is 0.265 e. The fraction of sp³-hybridized carbons (Fsp3) is 0.647. The van der Waals surface area contributed by atoms with Crippen molar-refractivity contribution in [2.45, 2.75) is 51.9 Å². The van der Waals surface area contributed by atoms with Gasteiger partial charge in [0.05, 0.1) is 10.7 Å². The van der Waals surface area contributed by atoms with Crippen LogP contribution >= 0.6 is 11.3 Å². The average Bonchev–Trinajstić information content (AvgIpc) is 3.12. The van der Waals surface area contributed by atoms with E-state index < -0.39 is 0 Å². The van der Waals surface area contributed by atoms with Crippen LogP contribution in [0.2, 0.25) is 0 Å². The second-order valence-corrected chi connectivity index (χ2v) is 8.55. The Morgan fingerprint density at radius 1 is 1.29 bits per heavy atom. The summed E-state index contributed by atoms with van der Waals surface area (Å²) in [6.45, 7) is 9.85. The van der Waals surface area contributed by atoms with Gasteiger partial charge in [0.15, 0.2) is 0 Å². The summed E-state index contributed by atoms with van der Waals surface area (Å²) in [5, 5.41) is 9.20. The summed E-state index contributed by atoms with van der Waals surface area (Å²) in [4.78, 5) is 20.2. The van der Waals surface area contributed by atoms with E-state index in [0.29, 0.717) is 5.92 Å². The highest BCUT2D eigenvalue weighted by Crippen LogP contribution is 2.32. The molecule has 0 aromatic carbocycles. The Hall–Kier alpha value is -1.76. The molecule has 2 aromatic heterocycles. The lowest BCUT2D eigenvalue weighted by Gasteiger charge is -2.31. The number of rotatable bonds is 2. The minimum absolute atomic E-state index is 0.0217. The Balaban J connectivity index is 1.70. The number of hydrogen-bond donors (Lipinski definition) is 0. The van der Waals surface area contributed by atoms with E-state index in [4.69, 9.17) is 0 Å². The van der Waals surface area contributed by atoms with Gasteiger partial charge in [-0.2, -0.15) is 0 Å². The number of piperidine rings is 1. The first-order valence-corrected chi connectivity index (χ1v) is 9.20. The summed E-state index contributed by atoms with van der Waals surface area (Å²) in [7, 11) is 1.97. The van der Waals surface area contributed by atoms with Crippen LogP contribution in [0.5, 0.6) is 0 Å². The lowest BCUT2D eigenvalue weighted by atomic mass is 9.96. The minimum atomic E-state index is -0.0217. The second-order valence-electron chi connectivity index (χ2n) is 7.55. The molecule has 0 bridgehead atoms. The highest BCUT2D eigenvalue weighted by Gasteiger charge is 2.30. The van der Waals surface area contributed by atoms with E-state index in [1.807, 2.05) is 23.4 Å². The first kappa shape index (κ1) is 17.1. The van der Waals surface area contributed by atoms with Crippen molar-refractivity contribution in [3.8, 4) is 0 Å². The van der Waals surface area contributed by atoms with E-state index in [9.17, 15) is 4.79 Å². The normalized spacial score (nSPS) is 16.6. The second kappa shape index (κ2) is 6.27. The van der Waals surface area contributed by atoms with Gasteiger partial charge in [-0.15, -0.1) is 21.5 Å². The largest absolute Gasteiger partial charge is 0.338 e. The maximum absolute atomic E-state index is 12.9. The van der Waals surface area contributed by atoms with Crippen LogP contribution in [0.3, 0.4) is 0 Å². The lowest BCUT2D eigenvalue weighted by molar-refractivity contribution is 0.0714. The number of aromatic nitrogens is 4. The molecular weight excluding hydrogens is 322 g/mol. The molecular formula is C17H25N5OS. The van der Waals surface area contributed by atoms with Crippen molar-refractivity contribution < 1.29 is 4.79 Å². The van der Waals surface area contributed by atoms with Crippen molar-refractivity contribution in [2.75, 3.05) is 13.1 Å². The van der Waals surface area contributed by atoms with Crippen LogP contribution in [0, 0.1) is 6.92 Å². The molecule has 0 unspecified atom stereocenters. The standard InChI is InChI=1S/C17H25N5OS/c1-11-13(24-16(19-11)17(2,3)4)15(23)22-8-6-12(7-9-22)14-20-18-10-21(14)5/h10,12H,6-9H2,1-5H3. The summed E-state index contributed by atoms with van der Waals surface area (Å²) in [6, 6.07) is 0. The molecule has 24 heavy (non-hydrogen) atoms. The van der Waals surface area contributed by atoms with Crippen molar-refractivity contribution in [1.82, 2.24) is 24.6 Å². The number of carbonyl (C=O) groups is 1. The van der Waals surface area contributed by atoms with Gasteiger partial charge < -0.3 is 9.47 Å². The molecule has 2 aromatic rings. The van der Waals surface area contributed by atoms with E-state index >= 15 is 0 Å². The van der Waals surface area contributed by atoms with Gasteiger partial charge in [0.25, 0.3) is 5.91 Å². The number of amides is 1. The molecule has 3 rings (SSSR count). The summed E-state index contributed by atoms with van der Waals surface area (Å²) >= 11 is 1.54. The number of carbonyl (C=O) groups excluding carboxylic acids is 1. The summed E-state index contributed by atoms with van der Waals surface area (Å²) in [5.41, 5.74) is 0.831. The molecule has 1 aliphatic rings. The third-order valence-electron chi connectivity index (χ3n) is 4.53. The van der Waals surface area contributed by atoms with Gasteiger partial charge in [-0.3, -0.25) is 4.79 Å². The minimum Gasteiger partial charge on any atom is -0.338 e. The highest BCUT2D eigenvalue weighted by molar-refractivity contribution is 7.14. The van der Waals surface area contributed by atoms with E-state index in [1.165, 1.54) is 0 Å². The van der Waals surface area contributed by atoms with Crippen LogP contribution in [0.4, 0.5) is 0 Å². The maximum atomic E-state index is 12.9. The molecule has 1 aliphatic heterocycles. The highest BCUT2D eigenvalue weighted by atomic mass is 32.1. The van der Waals surface area contributed by atoms with Gasteiger partial charge in [0.2, 0.25) is 0 Å². The molecule has 130 valence electrons.